The number of aryl methyl sites for hydroxylation is 2. The number of carbonyl (C=O) groups is 2. The molecule has 1 aromatic carbocycles. The SMILES string of the molecule is COC(=O)CCC(=O)NCc1ccc2c(c1)CCCC2. The van der Waals surface area contributed by atoms with Gasteiger partial charge in [-0.05, 0) is 42.4 Å². The highest BCUT2D eigenvalue weighted by Gasteiger charge is 2.10. The van der Waals surface area contributed by atoms with Gasteiger partial charge in [-0.25, -0.2) is 0 Å². The molecule has 108 valence electrons. The topological polar surface area (TPSA) is 55.4 Å². The number of benzene rings is 1. The van der Waals surface area contributed by atoms with Crippen molar-refractivity contribution in [3.8, 4) is 0 Å². The summed E-state index contributed by atoms with van der Waals surface area (Å²) in [5.41, 5.74) is 3.98. The van der Waals surface area contributed by atoms with Crippen molar-refractivity contribution >= 4 is 11.9 Å². The summed E-state index contributed by atoms with van der Waals surface area (Å²) in [6, 6.07) is 6.43. The monoisotopic (exact) mass is 275 g/mol. The molecule has 1 N–H and O–H groups in total. The van der Waals surface area contributed by atoms with Crippen molar-refractivity contribution in [2.24, 2.45) is 0 Å². The van der Waals surface area contributed by atoms with Crippen LogP contribution in [0.4, 0.5) is 0 Å². The van der Waals surface area contributed by atoms with Crippen LogP contribution >= 0.6 is 0 Å². The van der Waals surface area contributed by atoms with E-state index in [-0.39, 0.29) is 24.7 Å². The number of carbonyl (C=O) groups excluding carboxylic acids is 2. The van der Waals surface area contributed by atoms with Crippen molar-refractivity contribution in [2.45, 2.75) is 45.1 Å². The van der Waals surface area contributed by atoms with E-state index < -0.39 is 0 Å². The molecule has 0 unspecified atom stereocenters. The average Bonchev–Trinajstić information content (AvgIpc) is 2.50. The summed E-state index contributed by atoms with van der Waals surface area (Å²) < 4.78 is 4.51. The molecule has 20 heavy (non-hydrogen) atoms. The zero-order valence-corrected chi connectivity index (χ0v) is 11.9. The highest BCUT2D eigenvalue weighted by Crippen LogP contribution is 2.22. The fourth-order valence-electron chi connectivity index (χ4n) is 2.50. The number of hydrogen-bond acceptors (Lipinski definition) is 3. The molecule has 1 aliphatic carbocycles. The van der Waals surface area contributed by atoms with Crippen LogP contribution < -0.4 is 5.32 Å². The fourth-order valence-corrected chi connectivity index (χ4v) is 2.50. The van der Waals surface area contributed by atoms with Crippen LogP contribution in [0.1, 0.15) is 42.4 Å². The van der Waals surface area contributed by atoms with Crippen molar-refractivity contribution < 1.29 is 14.3 Å². The van der Waals surface area contributed by atoms with Crippen LogP contribution in [0.3, 0.4) is 0 Å². The minimum absolute atomic E-state index is 0.117. The summed E-state index contributed by atoms with van der Waals surface area (Å²) in [5, 5.41) is 2.84. The van der Waals surface area contributed by atoms with Gasteiger partial charge in [-0.15, -0.1) is 0 Å². The number of methoxy groups -OCH3 is 1. The van der Waals surface area contributed by atoms with Crippen molar-refractivity contribution in [3.05, 3.63) is 34.9 Å². The minimum Gasteiger partial charge on any atom is -0.469 e. The Morgan fingerprint density at radius 1 is 1.15 bits per heavy atom. The summed E-state index contributed by atoms with van der Waals surface area (Å²) in [6.07, 6.45) is 5.14. The Morgan fingerprint density at radius 2 is 1.90 bits per heavy atom. The molecule has 1 aromatic rings. The number of rotatable bonds is 5. The second kappa shape index (κ2) is 7.08. The number of fused-ring (bicyclic) bond motifs is 1. The first-order chi connectivity index (χ1) is 9.69. The first-order valence-electron chi connectivity index (χ1n) is 7.13. The number of nitrogens with one attached hydrogen (secondary N) is 1. The summed E-state index contributed by atoms with van der Waals surface area (Å²) >= 11 is 0. The number of hydrogen-bond donors (Lipinski definition) is 1. The molecular formula is C16H21NO3. The first-order valence-corrected chi connectivity index (χ1v) is 7.13. The van der Waals surface area contributed by atoms with E-state index in [2.05, 4.69) is 28.3 Å². The second-order valence-corrected chi connectivity index (χ2v) is 5.16. The van der Waals surface area contributed by atoms with Crippen molar-refractivity contribution in [3.63, 3.8) is 0 Å². The van der Waals surface area contributed by atoms with Crippen LogP contribution in [-0.2, 0) is 33.7 Å². The van der Waals surface area contributed by atoms with Gasteiger partial charge in [0.1, 0.15) is 0 Å². The van der Waals surface area contributed by atoms with E-state index in [9.17, 15) is 9.59 Å². The van der Waals surface area contributed by atoms with Crippen LogP contribution in [-0.4, -0.2) is 19.0 Å². The van der Waals surface area contributed by atoms with Crippen molar-refractivity contribution in [1.29, 1.82) is 0 Å². The molecule has 0 saturated carbocycles. The maximum Gasteiger partial charge on any atom is 0.306 e. The molecule has 0 bridgehead atoms. The molecular weight excluding hydrogens is 254 g/mol. The van der Waals surface area contributed by atoms with Gasteiger partial charge >= 0.3 is 5.97 Å². The Hall–Kier alpha value is -1.84. The Kier molecular flexibility index (Phi) is 5.16. The van der Waals surface area contributed by atoms with E-state index in [1.165, 1.54) is 37.5 Å². The van der Waals surface area contributed by atoms with Gasteiger partial charge in [0.2, 0.25) is 5.91 Å². The lowest BCUT2D eigenvalue weighted by Gasteiger charge is -2.16. The number of ether oxygens (including phenoxy) is 1. The Balaban J connectivity index is 1.81. The molecule has 0 aromatic heterocycles. The molecule has 0 radical (unpaired) electrons. The largest absolute Gasteiger partial charge is 0.469 e. The van der Waals surface area contributed by atoms with Crippen LogP contribution in [0.2, 0.25) is 0 Å². The molecule has 0 fully saturated rings. The van der Waals surface area contributed by atoms with Gasteiger partial charge < -0.3 is 10.1 Å². The summed E-state index contributed by atoms with van der Waals surface area (Å²) in [4.78, 5) is 22.6. The molecule has 1 aliphatic rings. The van der Waals surface area contributed by atoms with Crippen LogP contribution in [0.25, 0.3) is 0 Å². The number of esters is 1. The van der Waals surface area contributed by atoms with E-state index in [0.29, 0.717) is 6.54 Å². The molecule has 1 amide bonds. The van der Waals surface area contributed by atoms with Gasteiger partial charge in [-0.3, -0.25) is 9.59 Å². The molecule has 2 rings (SSSR count). The third kappa shape index (κ3) is 4.08. The predicted molar refractivity (Wildman–Crippen MR) is 76.2 cm³/mol. The fraction of sp³-hybridized carbons (Fsp3) is 0.500. The van der Waals surface area contributed by atoms with Gasteiger partial charge in [-0.1, -0.05) is 18.2 Å². The third-order valence-corrected chi connectivity index (χ3v) is 3.69. The van der Waals surface area contributed by atoms with Gasteiger partial charge in [0, 0.05) is 13.0 Å². The van der Waals surface area contributed by atoms with E-state index >= 15 is 0 Å². The van der Waals surface area contributed by atoms with Gasteiger partial charge in [0.15, 0.2) is 0 Å². The van der Waals surface area contributed by atoms with Crippen LogP contribution in [0.5, 0.6) is 0 Å². The van der Waals surface area contributed by atoms with E-state index in [1.807, 2.05) is 0 Å². The minimum atomic E-state index is -0.353. The van der Waals surface area contributed by atoms with E-state index in [1.54, 1.807) is 0 Å². The quantitative estimate of drug-likeness (QED) is 0.838. The zero-order chi connectivity index (χ0) is 14.4. The van der Waals surface area contributed by atoms with E-state index in [4.69, 9.17) is 0 Å². The molecule has 0 heterocycles. The summed E-state index contributed by atoms with van der Waals surface area (Å²) in [6.45, 7) is 0.521. The standard InChI is InChI=1S/C16H21NO3/c1-20-16(19)9-8-15(18)17-11-12-6-7-13-4-2-3-5-14(13)10-12/h6-7,10H,2-5,8-9,11H2,1H3,(H,17,18). The van der Waals surface area contributed by atoms with Gasteiger partial charge in [0.25, 0.3) is 0 Å². The van der Waals surface area contributed by atoms with E-state index in [0.717, 1.165) is 12.0 Å². The summed E-state index contributed by atoms with van der Waals surface area (Å²) in [7, 11) is 1.33. The molecule has 4 heteroatoms. The van der Waals surface area contributed by atoms with Crippen LogP contribution in [0.15, 0.2) is 18.2 Å². The van der Waals surface area contributed by atoms with Gasteiger partial charge in [-0.2, -0.15) is 0 Å². The highest BCUT2D eigenvalue weighted by atomic mass is 16.5. The molecule has 0 atom stereocenters. The number of amides is 1. The average molecular weight is 275 g/mol. The van der Waals surface area contributed by atoms with Gasteiger partial charge in [0.05, 0.1) is 13.5 Å². The predicted octanol–water partition coefficient (Wildman–Crippen LogP) is 2.13. The molecule has 4 nitrogen and oxygen atoms in total. The van der Waals surface area contributed by atoms with Crippen molar-refractivity contribution in [1.82, 2.24) is 5.32 Å². The zero-order valence-electron chi connectivity index (χ0n) is 11.9. The Morgan fingerprint density at radius 3 is 2.65 bits per heavy atom. The normalized spacial score (nSPS) is 13.4. The lowest BCUT2D eigenvalue weighted by Crippen LogP contribution is -2.23. The molecule has 0 saturated heterocycles. The first kappa shape index (κ1) is 14.6. The molecule has 0 spiro atoms. The summed E-state index contributed by atoms with van der Waals surface area (Å²) in [5.74, 6) is -0.470. The smallest absolute Gasteiger partial charge is 0.306 e. The third-order valence-electron chi connectivity index (χ3n) is 3.69. The second-order valence-electron chi connectivity index (χ2n) is 5.16. The van der Waals surface area contributed by atoms with Crippen LogP contribution in [0, 0.1) is 0 Å². The Bertz CT molecular complexity index is 496. The van der Waals surface area contributed by atoms with Crippen molar-refractivity contribution in [2.75, 3.05) is 7.11 Å². The lowest BCUT2D eigenvalue weighted by molar-refractivity contribution is -0.142. The maximum absolute atomic E-state index is 11.6. The Labute approximate surface area is 119 Å². The highest BCUT2D eigenvalue weighted by molar-refractivity contribution is 5.81. The lowest BCUT2D eigenvalue weighted by atomic mass is 9.90. The maximum atomic E-state index is 11.6. The molecule has 0 aliphatic heterocycles.